The number of amides is 2. The number of nitriles is 1. The second-order valence-corrected chi connectivity index (χ2v) is 7.23. The monoisotopic (exact) mass is 412 g/mol. The number of aliphatic hydroxyl groups is 1. The molecule has 3 aromatic rings. The van der Waals surface area contributed by atoms with Crippen LogP contribution in [0.3, 0.4) is 0 Å². The first kappa shape index (κ1) is 20.4. The van der Waals surface area contributed by atoms with E-state index in [9.17, 15) is 24.3 Å². The number of nitrogens with two attached hydrogens (primary N) is 1. The molecule has 148 valence electrons. The molecule has 1 heterocycles. The molecule has 3 rings (SSSR count). The Kier molecular flexibility index (Phi) is 5.89. The number of hydrogen-bond acceptors (Lipinski definition) is 7. The van der Waals surface area contributed by atoms with E-state index < -0.39 is 29.8 Å². The van der Waals surface area contributed by atoms with Gasteiger partial charge in [-0.05, 0) is 54.8 Å². The molecule has 0 saturated carbocycles. The fourth-order valence-corrected chi connectivity index (χ4v) is 3.70. The number of benzene rings is 2. The summed E-state index contributed by atoms with van der Waals surface area (Å²) < 4.78 is 13.8. The minimum absolute atomic E-state index is 0.0326. The Morgan fingerprint density at radius 3 is 2.55 bits per heavy atom. The van der Waals surface area contributed by atoms with Crippen LogP contribution in [0.2, 0.25) is 0 Å². The molecule has 0 aliphatic heterocycles. The van der Waals surface area contributed by atoms with Crippen molar-refractivity contribution in [1.29, 1.82) is 5.26 Å². The van der Waals surface area contributed by atoms with Gasteiger partial charge in [-0.15, -0.1) is 11.3 Å². The van der Waals surface area contributed by atoms with Crippen LogP contribution in [0, 0.1) is 17.1 Å². The number of carbonyl (C=O) groups is 2. The minimum atomic E-state index is -1.22. The van der Waals surface area contributed by atoms with Crippen molar-refractivity contribution in [3.05, 3.63) is 64.8 Å². The maximum Gasteiger partial charge on any atom is 0.274 e. The maximum atomic E-state index is 13.1. The van der Waals surface area contributed by atoms with Crippen molar-refractivity contribution in [3.63, 3.8) is 0 Å². The summed E-state index contributed by atoms with van der Waals surface area (Å²) in [4.78, 5) is 25.2. The molecule has 9 heteroatoms. The second kappa shape index (κ2) is 8.36. The second-order valence-electron chi connectivity index (χ2n) is 6.32. The van der Waals surface area contributed by atoms with Gasteiger partial charge in [0.05, 0.1) is 16.4 Å². The van der Waals surface area contributed by atoms with Crippen molar-refractivity contribution in [2.24, 2.45) is 5.84 Å². The average Bonchev–Trinajstić information content (AvgIpc) is 3.21. The van der Waals surface area contributed by atoms with Gasteiger partial charge in [-0.2, -0.15) is 5.26 Å². The fourth-order valence-electron chi connectivity index (χ4n) is 2.81. The summed E-state index contributed by atoms with van der Waals surface area (Å²) in [6, 6.07) is 10.5. The zero-order valence-corrected chi connectivity index (χ0v) is 16.1. The third-order valence-electron chi connectivity index (χ3n) is 4.34. The predicted molar refractivity (Wildman–Crippen MR) is 107 cm³/mol. The normalized spacial score (nSPS) is 12.8. The van der Waals surface area contributed by atoms with Gasteiger partial charge in [-0.25, -0.2) is 15.2 Å². The van der Waals surface area contributed by atoms with Gasteiger partial charge in [0.1, 0.15) is 17.9 Å². The molecule has 0 aliphatic carbocycles. The molecule has 2 aromatic carbocycles. The van der Waals surface area contributed by atoms with Crippen LogP contribution in [0.1, 0.15) is 22.8 Å². The summed E-state index contributed by atoms with van der Waals surface area (Å²) >= 11 is 1.38. The van der Waals surface area contributed by atoms with Crippen LogP contribution in [0.5, 0.6) is 0 Å². The Balaban J connectivity index is 1.87. The highest BCUT2D eigenvalue weighted by Crippen LogP contribution is 2.31. The quantitative estimate of drug-likeness (QED) is 0.337. The lowest BCUT2D eigenvalue weighted by Crippen LogP contribution is -2.53. The van der Waals surface area contributed by atoms with E-state index >= 15 is 0 Å². The van der Waals surface area contributed by atoms with E-state index in [0.717, 1.165) is 16.8 Å². The highest BCUT2D eigenvalue weighted by atomic mass is 32.1. The number of halogens is 1. The molecule has 29 heavy (non-hydrogen) atoms. The fraction of sp³-hybridized carbons (Fsp3) is 0.150. The van der Waals surface area contributed by atoms with Crippen molar-refractivity contribution in [3.8, 4) is 6.07 Å². The van der Waals surface area contributed by atoms with Crippen LogP contribution in [0.4, 0.5) is 10.1 Å². The zero-order chi connectivity index (χ0) is 21.1. The molecule has 0 spiro atoms. The zero-order valence-electron chi connectivity index (χ0n) is 15.3. The third kappa shape index (κ3) is 4.09. The van der Waals surface area contributed by atoms with Gasteiger partial charge in [0, 0.05) is 16.6 Å². The van der Waals surface area contributed by atoms with E-state index in [-0.39, 0.29) is 5.56 Å². The van der Waals surface area contributed by atoms with Crippen LogP contribution in [0.15, 0.2) is 47.8 Å². The number of hydrogen-bond donors (Lipinski definition) is 3. The first-order valence-corrected chi connectivity index (χ1v) is 9.45. The van der Waals surface area contributed by atoms with Crippen molar-refractivity contribution >= 4 is 38.9 Å². The summed E-state index contributed by atoms with van der Waals surface area (Å²) in [6.07, 6.45) is -1.18. The number of aliphatic hydroxyl groups excluding tert-OH is 1. The topological polar surface area (TPSA) is 119 Å². The Morgan fingerprint density at radius 1 is 1.24 bits per heavy atom. The molecule has 0 aliphatic rings. The van der Waals surface area contributed by atoms with Crippen molar-refractivity contribution in [2.75, 3.05) is 5.32 Å². The highest BCUT2D eigenvalue weighted by Gasteiger charge is 2.31. The Labute approximate surface area is 169 Å². The molecule has 4 N–H and O–H groups in total. The first-order valence-electron chi connectivity index (χ1n) is 8.57. The number of hydrazine groups is 1. The van der Waals surface area contributed by atoms with E-state index in [0.29, 0.717) is 21.6 Å². The smallest absolute Gasteiger partial charge is 0.274 e. The lowest BCUT2D eigenvalue weighted by molar-refractivity contribution is -0.131. The average molecular weight is 412 g/mol. The molecule has 7 nitrogen and oxygen atoms in total. The molecule has 2 atom stereocenters. The number of thiophene rings is 1. The van der Waals surface area contributed by atoms with Gasteiger partial charge in [-0.1, -0.05) is 0 Å². The molecular formula is C20H17FN4O3S. The lowest BCUT2D eigenvalue weighted by atomic mass is 10.1. The molecular weight excluding hydrogens is 395 g/mol. The molecule has 1 aromatic heterocycles. The molecule has 0 bridgehead atoms. The lowest BCUT2D eigenvalue weighted by Gasteiger charge is -2.26. The van der Waals surface area contributed by atoms with Gasteiger partial charge in [0.25, 0.3) is 11.8 Å². The summed E-state index contributed by atoms with van der Waals surface area (Å²) in [6.45, 7) is 1.39. The Hall–Kier alpha value is -3.32. The summed E-state index contributed by atoms with van der Waals surface area (Å²) in [5.74, 6) is 3.49. The van der Waals surface area contributed by atoms with Crippen molar-refractivity contribution in [2.45, 2.75) is 19.1 Å². The molecule has 2 amide bonds. The largest absolute Gasteiger partial charge is 0.391 e. The number of rotatable bonds is 5. The standard InChI is InChI=1S/C20H17FN4O3S/c1-11(26)17(20(28)25(23)19(27)12-2-5-14(21)6-3-12)24-16-7-4-13(10-22)18-15(16)8-9-29-18/h2-9,11,17,24,26H,23H2,1H3. The molecule has 0 fully saturated rings. The number of anilines is 1. The van der Waals surface area contributed by atoms with Gasteiger partial charge < -0.3 is 10.4 Å². The number of carbonyl (C=O) groups excluding carboxylic acids is 2. The summed E-state index contributed by atoms with van der Waals surface area (Å²) in [7, 11) is 0. The predicted octanol–water partition coefficient (Wildman–Crippen LogP) is 2.62. The number of fused-ring (bicyclic) bond motifs is 1. The van der Waals surface area contributed by atoms with E-state index in [1.807, 2.05) is 5.38 Å². The molecule has 0 radical (unpaired) electrons. The van der Waals surface area contributed by atoms with Gasteiger partial charge in [0.15, 0.2) is 0 Å². The summed E-state index contributed by atoms with van der Waals surface area (Å²) in [5, 5.41) is 25.2. The van der Waals surface area contributed by atoms with E-state index in [1.54, 1.807) is 18.2 Å². The third-order valence-corrected chi connectivity index (χ3v) is 5.29. The highest BCUT2D eigenvalue weighted by molar-refractivity contribution is 7.17. The number of nitrogens with one attached hydrogen (secondary N) is 1. The van der Waals surface area contributed by atoms with Gasteiger partial charge in [0.2, 0.25) is 0 Å². The van der Waals surface area contributed by atoms with Crippen LogP contribution in [-0.2, 0) is 4.79 Å². The van der Waals surface area contributed by atoms with Crippen LogP contribution < -0.4 is 11.2 Å². The van der Waals surface area contributed by atoms with Crippen molar-refractivity contribution in [1.82, 2.24) is 5.01 Å². The van der Waals surface area contributed by atoms with Gasteiger partial charge >= 0.3 is 0 Å². The number of imide groups is 1. The van der Waals surface area contributed by atoms with E-state index in [2.05, 4.69) is 11.4 Å². The van der Waals surface area contributed by atoms with E-state index in [4.69, 9.17) is 5.84 Å². The Bertz CT molecular complexity index is 1110. The van der Waals surface area contributed by atoms with Gasteiger partial charge in [-0.3, -0.25) is 9.59 Å². The molecule has 0 saturated heterocycles. The van der Waals surface area contributed by atoms with Crippen LogP contribution >= 0.6 is 11.3 Å². The van der Waals surface area contributed by atoms with Crippen LogP contribution in [-0.4, -0.2) is 34.1 Å². The molecule has 2 unspecified atom stereocenters. The Morgan fingerprint density at radius 2 is 1.93 bits per heavy atom. The van der Waals surface area contributed by atoms with Crippen molar-refractivity contribution < 1.29 is 19.1 Å². The van der Waals surface area contributed by atoms with Crippen LogP contribution in [0.25, 0.3) is 10.1 Å². The first-order chi connectivity index (χ1) is 13.8. The minimum Gasteiger partial charge on any atom is -0.391 e. The SMILES string of the molecule is CC(O)C(Nc1ccc(C#N)c2sccc12)C(=O)N(N)C(=O)c1ccc(F)cc1. The summed E-state index contributed by atoms with van der Waals surface area (Å²) in [5.41, 5.74) is 1.04. The van der Waals surface area contributed by atoms with E-state index in [1.165, 1.54) is 30.4 Å². The number of nitrogens with zero attached hydrogens (tertiary/aromatic N) is 2. The maximum absolute atomic E-state index is 13.1.